The number of nitrogens with zero attached hydrogens (tertiary/aromatic N) is 5. The number of amides is 1. The van der Waals surface area contributed by atoms with Crippen molar-refractivity contribution >= 4 is 67.3 Å². The van der Waals surface area contributed by atoms with Crippen LogP contribution in [0.15, 0.2) is 35.0 Å². The average molecular weight is 404 g/mol. The first-order valence-corrected chi connectivity index (χ1v) is 10.3. The lowest BCUT2D eigenvalue weighted by Gasteiger charge is -2.21. The maximum absolute atomic E-state index is 12.4. The molecule has 0 bridgehead atoms. The van der Waals surface area contributed by atoms with E-state index in [1.165, 1.54) is 23.3 Å². The molecule has 0 radical (unpaired) electrons. The summed E-state index contributed by atoms with van der Waals surface area (Å²) in [4.78, 5) is 19.1. The summed E-state index contributed by atoms with van der Waals surface area (Å²) in [6.07, 6.45) is 3.86. The summed E-state index contributed by atoms with van der Waals surface area (Å²) in [6, 6.07) is 4.07. The zero-order chi connectivity index (χ0) is 18.4. The smallest absolute Gasteiger partial charge is 0.266 e. The van der Waals surface area contributed by atoms with Crippen molar-refractivity contribution in [3.63, 3.8) is 0 Å². The molecule has 1 saturated heterocycles. The van der Waals surface area contributed by atoms with Gasteiger partial charge in [0, 0.05) is 20.1 Å². The molecule has 1 aromatic carbocycles. The molecule has 0 spiro atoms. The van der Waals surface area contributed by atoms with Crippen LogP contribution in [-0.4, -0.2) is 44.9 Å². The first-order valence-electron chi connectivity index (χ1n) is 8.28. The van der Waals surface area contributed by atoms with Gasteiger partial charge in [-0.05, 0) is 49.7 Å². The van der Waals surface area contributed by atoms with Crippen LogP contribution in [0.5, 0.6) is 0 Å². The van der Waals surface area contributed by atoms with Gasteiger partial charge in [0.15, 0.2) is 0 Å². The molecular formula is C17H17N5OS3. The highest BCUT2D eigenvalue weighted by Gasteiger charge is 2.32. The van der Waals surface area contributed by atoms with Crippen LogP contribution < -0.4 is 9.80 Å². The van der Waals surface area contributed by atoms with Crippen molar-refractivity contribution in [2.45, 2.75) is 13.8 Å². The normalized spacial score (nSPS) is 20.3. The Kier molecular flexibility index (Phi) is 4.45. The molecule has 2 aromatic rings. The first-order chi connectivity index (χ1) is 12.6. The number of benzene rings is 1. The third-order valence-electron chi connectivity index (χ3n) is 4.51. The number of hydrogen-bond acceptors (Lipinski definition) is 8. The van der Waals surface area contributed by atoms with E-state index in [0.29, 0.717) is 15.8 Å². The Bertz CT molecular complexity index is 980. The quantitative estimate of drug-likeness (QED) is 0.573. The molecule has 0 unspecified atom stereocenters. The van der Waals surface area contributed by atoms with Gasteiger partial charge >= 0.3 is 0 Å². The van der Waals surface area contributed by atoms with Crippen LogP contribution in [0.3, 0.4) is 0 Å². The summed E-state index contributed by atoms with van der Waals surface area (Å²) < 4.78 is 5.79. The molecule has 2 aliphatic rings. The molecule has 1 fully saturated rings. The maximum Gasteiger partial charge on any atom is 0.266 e. The van der Waals surface area contributed by atoms with E-state index in [-0.39, 0.29) is 5.91 Å². The number of carbonyl (C=O) groups excluding carboxylic acids is 1. The maximum atomic E-state index is 12.4. The fraction of sp³-hybridized carbons (Fsp3) is 0.294. The number of thiocarbonyl (C=S) groups is 1. The molecule has 26 heavy (non-hydrogen) atoms. The van der Waals surface area contributed by atoms with Gasteiger partial charge in [0.25, 0.3) is 5.91 Å². The molecule has 9 heteroatoms. The summed E-state index contributed by atoms with van der Waals surface area (Å²) in [7, 11) is 2.03. The zero-order valence-electron chi connectivity index (χ0n) is 14.6. The molecule has 1 aromatic heterocycles. The van der Waals surface area contributed by atoms with E-state index in [4.69, 9.17) is 12.2 Å². The van der Waals surface area contributed by atoms with E-state index >= 15 is 0 Å². The number of anilines is 2. The summed E-state index contributed by atoms with van der Waals surface area (Å²) in [5, 5.41) is 4.18. The number of aromatic nitrogens is 2. The molecule has 0 aliphatic carbocycles. The van der Waals surface area contributed by atoms with Gasteiger partial charge in [-0.15, -0.1) is 5.10 Å². The third kappa shape index (κ3) is 2.53. The van der Waals surface area contributed by atoms with Gasteiger partial charge in [-0.2, -0.15) is 0 Å². The predicted octanol–water partition coefficient (Wildman–Crippen LogP) is 3.57. The Hall–Kier alpha value is -1.97. The van der Waals surface area contributed by atoms with Crippen molar-refractivity contribution < 1.29 is 4.79 Å². The van der Waals surface area contributed by atoms with E-state index in [0.717, 1.165) is 34.0 Å². The lowest BCUT2D eigenvalue weighted by atomic mass is 10.2. The van der Waals surface area contributed by atoms with Gasteiger partial charge in [-0.3, -0.25) is 9.69 Å². The van der Waals surface area contributed by atoms with Crippen LogP contribution in [0.1, 0.15) is 13.8 Å². The van der Waals surface area contributed by atoms with E-state index < -0.39 is 0 Å². The second-order valence-electron chi connectivity index (χ2n) is 5.83. The van der Waals surface area contributed by atoms with E-state index in [1.807, 2.05) is 32.2 Å². The molecule has 3 heterocycles. The van der Waals surface area contributed by atoms with Crippen molar-refractivity contribution in [2.75, 3.05) is 29.9 Å². The van der Waals surface area contributed by atoms with Crippen LogP contribution >= 0.6 is 35.5 Å². The van der Waals surface area contributed by atoms with Crippen molar-refractivity contribution in [1.29, 1.82) is 0 Å². The highest BCUT2D eigenvalue weighted by Crippen LogP contribution is 2.46. The Balaban J connectivity index is 1.75. The Labute approximate surface area is 165 Å². The third-order valence-corrected chi connectivity index (χ3v) is 6.66. The van der Waals surface area contributed by atoms with Crippen LogP contribution in [0, 0.1) is 0 Å². The van der Waals surface area contributed by atoms with Crippen molar-refractivity contribution in [3.05, 3.63) is 35.0 Å². The number of fused-ring (bicyclic) bond motifs is 3. The molecule has 2 aliphatic heterocycles. The number of carbonyl (C=O) groups is 1. The number of thioether (sulfide) groups is 1. The van der Waals surface area contributed by atoms with E-state index in [1.54, 1.807) is 4.90 Å². The van der Waals surface area contributed by atoms with Crippen LogP contribution in [0.25, 0.3) is 10.2 Å². The fourth-order valence-electron chi connectivity index (χ4n) is 3.23. The number of hydrogen-bond donors (Lipinski definition) is 0. The topological polar surface area (TPSA) is 52.6 Å². The van der Waals surface area contributed by atoms with Gasteiger partial charge in [0.05, 0.1) is 16.3 Å². The number of allylic oxidation sites excluding steroid dienone is 2. The highest BCUT2D eigenvalue weighted by molar-refractivity contribution is 8.26. The zero-order valence-corrected chi connectivity index (χ0v) is 17.0. The molecule has 134 valence electrons. The highest BCUT2D eigenvalue weighted by atomic mass is 32.2. The average Bonchev–Trinajstić information content (AvgIpc) is 3.28. The van der Waals surface area contributed by atoms with E-state index in [9.17, 15) is 4.79 Å². The van der Waals surface area contributed by atoms with Crippen LogP contribution in [0.4, 0.5) is 11.4 Å². The summed E-state index contributed by atoms with van der Waals surface area (Å²) >= 11 is 8.05. The Morgan fingerprint density at radius 2 is 1.96 bits per heavy atom. The van der Waals surface area contributed by atoms with Crippen molar-refractivity contribution in [2.24, 2.45) is 0 Å². The molecular weight excluding hydrogens is 386 g/mol. The SMILES string of the molecule is CCN1C(=O)C(=CC=C2N(C)c3ccc4nnsc4c3N2CC)SC1=S. The molecule has 4 rings (SSSR count). The minimum absolute atomic E-state index is 0.0189. The van der Waals surface area contributed by atoms with Crippen molar-refractivity contribution in [1.82, 2.24) is 14.5 Å². The fourth-order valence-corrected chi connectivity index (χ4v) is 5.27. The summed E-state index contributed by atoms with van der Waals surface area (Å²) in [5.41, 5.74) is 3.15. The number of likely N-dealkylation sites (N-methyl/N-ethyl adjacent to an activating group) is 1. The van der Waals surface area contributed by atoms with Gasteiger partial charge in [0.2, 0.25) is 0 Å². The largest absolute Gasteiger partial charge is 0.329 e. The molecule has 1 amide bonds. The molecule has 0 saturated carbocycles. The second-order valence-corrected chi connectivity index (χ2v) is 8.26. The van der Waals surface area contributed by atoms with Gasteiger partial charge in [0.1, 0.15) is 20.4 Å². The Morgan fingerprint density at radius 3 is 2.65 bits per heavy atom. The predicted molar refractivity (Wildman–Crippen MR) is 113 cm³/mol. The summed E-state index contributed by atoms with van der Waals surface area (Å²) in [5.74, 6) is 1.000. The van der Waals surface area contributed by atoms with Crippen molar-refractivity contribution in [3.8, 4) is 0 Å². The first kappa shape index (κ1) is 17.4. The minimum atomic E-state index is -0.0189. The van der Waals surface area contributed by atoms with Gasteiger partial charge in [-0.25, -0.2) is 0 Å². The lowest BCUT2D eigenvalue weighted by Crippen LogP contribution is -2.27. The van der Waals surface area contributed by atoms with E-state index in [2.05, 4.69) is 32.4 Å². The molecule has 0 atom stereocenters. The number of rotatable bonds is 3. The molecule has 6 nitrogen and oxygen atoms in total. The second kappa shape index (κ2) is 6.64. The standard InChI is InChI=1S/C17H17N5OS3/c1-4-21-13(9-8-12-16(23)22(5-2)17(24)25-12)20(3)11-7-6-10-15(14(11)21)26-19-18-10/h6-9H,4-5H2,1-3H3. The van der Waals surface area contributed by atoms with Crippen LogP contribution in [0.2, 0.25) is 0 Å². The van der Waals surface area contributed by atoms with Gasteiger partial charge in [-0.1, -0.05) is 28.5 Å². The molecule has 0 N–H and O–H groups in total. The minimum Gasteiger partial charge on any atom is -0.329 e. The van der Waals surface area contributed by atoms with Gasteiger partial charge < -0.3 is 9.80 Å². The van der Waals surface area contributed by atoms with Crippen LogP contribution in [-0.2, 0) is 4.79 Å². The summed E-state index contributed by atoms with van der Waals surface area (Å²) in [6.45, 7) is 5.45. The lowest BCUT2D eigenvalue weighted by molar-refractivity contribution is -0.122. The Morgan fingerprint density at radius 1 is 1.19 bits per heavy atom. The monoisotopic (exact) mass is 403 g/mol.